The third-order valence-electron chi connectivity index (χ3n) is 4.00. The zero-order valence-electron chi connectivity index (χ0n) is 15.1. The number of benzene rings is 2. The molecule has 1 heterocycles. The van der Waals surface area contributed by atoms with Crippen molar-refractivity contribution in [2.75, 3.05) is 11.1 Å². The Hall–Kier alpha value is -2.66. The second kappa shape index (κ2) is 8.15. The molecule has 5 heteroatoms. The van der Waals surface area contributed by atoms with Gasteiger partial charge in [0.2, 0.25) is 5.91 Å². The van der Waals surface area contributed by atoms with E-state index < -0.39 is 0 Å². The number of anilines is 1. The number of aryl methyl sites for hydroxylation is 3. The minimum Gasteiger partial charge on any atom is -0.325 e. The van der Waals surface area contributed by atoms with Gasteiger partial charge in [-0.3, -0.25) is 4.79 Å². The van der Waals surface area contributed by atoms with Crippen LogP contribution >= 0.6 is 11.8 Å². The highest BCUT2D eigenvalue weighted by atomic mass is 32.2. The van der Waals surface area contributed by atoms with Crippen LogP contribution in [0.1, 0.15) is 16.7 Å². The third kappa shape index (κ3) is 4.70. The Morgan fingerprint density at radius 1 is 0.923 bits per heavy atom. The molecule has 0 saturated heterocycles. The number of hydrogen-bond acceptors (Lipinski definition) is 4. The van der Waals surface area contributed by atoms with Crippen molar-refractivity contribution in [3.8, 4) is 11.3 Å². The lowest BCUT2D eigenvalue weighted by Crippen LogP contribution is -2.14. The second-order valence-electron chi connectivity index (χ2n) is 6.28. The molecular formula is C21H21N3OS. The van der Waals surface area contributed by atoms with Gasteiger partial charge in [-0.05, 0) is 56.7 Å². The Labute approximate surface area is 158 Å². The van der Waals surface area contributed by atoms with E-state index >= 15 is 0 Å². The standard InChI is InChI=1S/C21H21N3OS/c1-14-5-8-17(9-6-14)22-20(25)13-26-21-11-10-19(23-24-21)18-12-15(2)4-7-16(18)3/h4-12H,13H2,1-3H3,(H,22,25). The van der Waals surface area contributed by atoms with Crippen molar-refractivity contribution in [2.24, 2.45) is 0 Å². The number of hydrogen-bond donors (Lipinski definition) is 1. The molecule has 1 N–H and O–H groups in total. The molecule has 2 aromatic carbocycles. The first-order valence-corrected chi connectivity index (χ1v) is 9.40. The van der Waals surface area contributed by atoms with Crippen LogP contribution in [0.25, 0.3) is 11.3 Å². The van der Waals surface area contributed by atoms with Crippen molar-refractivity contribution in [2.45, 2.75) is 25.8 Å². The van der Waals surface area contributed by atoms with Gasteiger partial charge < -0.3 is 5.32 Å². The predicted octanol–water partition coefficient (Wildman–Crippen LogP) is 4.80. The minimum absolute atomic E-state index is 0.0562. The normalized spacial score (nSPS) is 10.6. The predicted molar refractivity (Wildman–Crippen MR) is 107 cm³/mol. The van der Waals surface area contributed by atoms with Gasteiger partial charge in [-0.25, -0.2) is 0 Å². The van der Waals surface area contributed by atoms with Gasteiger partial charge in [0.15, 0.2) is 0 Å². The van der Waals surface area contributed by atoms with E-state index in [9.17, 15) is 4.79 Å². The highest BCUT2D eigenvalue weighted by Gasteiger charge is 2.08. The molecule has 0 saturated carbocycles. The van der Waals surface area contributed by atoms with Crippen LogP contribution in [0.2, 0.25) is 0 Å². The highest BCUT2D eigenvalue weighted by molar-refractivity contribution is 7.99. The number of nitrogens with zero attached hydrogens (tertiary/aromatic N) is 2. The van der Waals surface area contributed by atoms with Gasteiger partial charge in [0.1, 0.15) is 5.03 Å². The van der Waals surface area contributed by atoms with Crippen LogP contribution in [0.4, 0.5) is 5.69 Å². The topological polar surface area (TPSA) is 54.9 Å². The number of rotatable bonds is 5. The van der Waals surface area contributed by atoms with E-state index in [4.69, 9.17) is 0 Å². The smallest absolute Gasteiger partial charge is 0.234 e. The Kier molecular flexibility index (Phi) is 5.68. The minimum atomic E-state index is -0.0562. The first-order chi connectivity index (χ1) is 12.5. The van der Waals surface area contributed by atoms with E-state index in [0.717, 1.165) is 27.5 Å². The number of nitrogens with one attached hydrogen (secondary N) is 1. The fourth-order valence-corrected chi connectivity index (χ4v) is 3.14. The zero-order valence-corrected chi connectivity index (χ0v) is 15.9. The van der Waals surface area contributed by atoms with Gasteiger partial charge in [-0.2, -0.15) is 0 Å². The first-order valence-electron chi connectivity index (χ1n) is 8.42. The summed E-state index contributed by atoms with van der Waals surface area (Å²) in [4.78, 5) is 12.1. The van der Waals surface area contributed by atoms with Gasteiger partial charge in [-0.15, -0.1) is 10.2 Å². The Morgan fingerprint density at radius 3 is 2.35 bits per heavy atom. The summed E-state index contributed by atoms with van der Waals surface area (Å²) in [6.45, 7) is 6.14. The van der Waals surface area contributed by atoms with E-state index in [0.29, 0.717) is 5.75 Å². The van der Waals surface area contributed by atoms with Crippen LogP contribution in [0.3, 0.4) is 0 Å². The molecule has 0 radical (unpaired) electrons. The molecule has 132 valence electrons. The van der Waals surface area contributed by atoms with Gasteiger partial charge in [0, 0.05) is 11.3 Å². The number of carbonyl (C=O) groups is 1. The fraction of sp³-hybridized carbons (Fsp3) is 0.190. The Morgan fingerprint density at radius 2 is 1.65 bits per heavy atom. The van der Waals surface area contributed by atoms with E-state index in [1.165, 1.54) is 22.9 Å². The molecule has 0 spiro atoms. The van der Waals surface area contributed by atoms with Crippen LogP contribution in [-0.2, 0) is 4.79 Å². The summed E-state index contributed by atoms with van der Waals surface area (Å²) in [5.41, 5.74) is 6.27. The fourth-order valence-electron chi connectivity index (χ4n) is 2.53. The van der Waals surface area contributed by atoms with Crippen molar-refractivity contribution in [3.05, 3.63) is 71.3 Å². The number of thioether (sulfide) groups is 1. The molecule has 0 unspecified atom stereocenters. The zero-order chi connectivity index (χ0) is 18.5. The summed E-state index contributed by atoms with van der Waals surface area (Å²) in [5.74, 6) is 0.241. The molecule has 0 aliphatic carbocycles. The maximum Gasteiger partial charge on any atom is 0.234 e. The maximum atomic E-state index is 12.1. The number of amides is 1. The van der Waals surface area contributed by atoms with E-state index in [1.807, 2.05) is 43.3 Å². The quantitative estimate of drug-likeness (QED) is 0.662. The Balaban J connectivity index is 1.60. The van der Waals surface area contributed by atoms with Gasteiger partial charge in [0.25, 0.3) is 0 Å². The molecule has 1 aromatic heterocycles. The Bertz CT molecular complexity index is 906. The van der Waals surface area contributed by atoms with Crippen LogP contribution < -0.4 is 5.32 Å². The van der Waals surface area contributed by atoms with E-state index in [2.05, 4.69) is 47.6 Å². The molecule has 0 fully saturated rings. The lowest BCUT2D eigenvalue weighted by atomic mass is 10.0. The lowest BCUT2D eigenvalue weighted by molar-refractivity contribution is -0.113. The van der Waals surface area contributed by atoms with Crippen LogP contribution in [0.15, 0.2) is 59.6 Å². The lowest BCUT2D eigenvalue weighted by Gasteiger charge is -2.07. The molecule has 3 rings (SSSR count). The average molecular weight is 363 g/mol. The molecule has 1 amide bonds. The monoisotopic (exact) mass is 363 g/mol. The van der Waals surface area contributed by atoms with Crippen molar-refractivity contribution in [1.29, 1.82) is 0 Å². The molecule has 3 aromatic rings. The molecule has 0 aliphatic rings. The molecule has 0 bridgehead atoms. The highest BCUT2D eigenvalue weighted by Crippen LogP contribution is 2.24. The summed E-state index contributed by atoms with van der Waals surface area (Å²) in [7, 11) is 0. The van der Waals surface area contributed by atoms with Gasteiger partial charge in [0.05, 0.1) is 11.4 Å². The molecular weight excluding hydrogens is 342 g/mol. The van der Waals surface area contributed by atoms with E-state index in [-0.39, 0.29) is 5.91 Å². The number of carbonyl (C=O) groups excluding carboxylic acids is 1. The molecule has 0 aliphatic heterocycles. The summed E-state index contributed by atoms with van der Waals surface area (Å²) in [5, 5.41) is 12.2. The maximum absolute atomic E-state index is 12.1. The summed E-state index contributed by atoms with van der Waals surface area (Å²) >= 11 is 1.38. The van der Waals surface area contributed by atoms with Crippen molar-refractivity contribution >= 4 is 23.4 Å². The van der Waals surface area contributed by atoms with Crippen LogP contribution in [0, 0.1) is 20.8 Å². The van der Waals surface area contributed by atoms with Crippen LogP contribution in [0.5, 0.6) is 0 Å². The first kappa shape index (κ1) is 18.1. The molecule has 26 heavy (non-hydrogen) atoms. The summed E-state index contributed by atoms with van der Waals surface area (Å²) in [6.07, 6.45) is 0. The average Bonchev–Trinajstić information content (AvgIpc) is 2.64. The number of aromatic nitrogens is 2. The van der Waals surface area contributed by atoms with Crippen molar-refractivity contribution in [1.82, 2.24) is 10.2 Å². The van der Waals surface area contributed by atoms with Gasteiger partial charge >= 0.3 is 0 Å². The largest absolute Gasteiger partial charge is 0.325 e. The van der Waals surface area contributed by atoms with Crippen LogP contribution in [-0.4, -0.2) is 21.9 Å². The third-order valence-corrected chi connectivity index (χ3v) is 4.92. The summed E-state index contributed by atoms with van der Waals surface area (Å²) < 4.78 is 0. The van der Waals surface area contributed by atoms with Crippen molar-refractivity contribution in [3.63, 3.8) is 0 Å². The summed E-state index contributed by atoms with van der Waals surface area (Å²) in [6, 6.07) is 17.9. The molecule has 0 atom stereocenters. The van der Waals surface area contributed by atoms with Gasteiger partial charge in [-0.1, -0.05) is 47.2 Å². The second-order valence-corrected chi connectivity index (χ2v) is 7.27. The van der Waals surface area contributed by atoms with E-state index in [1.54, 1.807) is 0 Å². The van der Waals surface area contributed by atoms with Crippen molar-refractivity contribution < 1.29 is 4.79 Å². The SMILES string of the molecule is Cc1ccc(NC(=O)CSc2ccc(-c3cc(C)ccc3C)nn2)cc1. The molecule has 4 nitrogen and oxygen atoms in total.